The van der Waals surface area contributed by atoms with E-state index in [0.717, 1.165) is 33.7 Å². The van der Waals surface area contributed by atoms with Gasteiger partial charge in [0, 0.05) is 11.5 Å². The molecule has 0 aliphatic heterocycles. The SMILES string of the molecule is Cc1cscc1C(=C(c1ccc(C=CC(=O)O)cc1)c1ccc2[nH]ncc2c1)C(C)C. The number of H-pyrrole nitrogens is 1. The number of fused-ring (bicyclic) bond motifs is 1. The molecule has 0 saturated heterocycles. The molecule has 156 valence electrons. The van der Waals surface area contributed by atoms with Crippen LogP contribution in [0.15, 0.2) is 65.5 Å². The summed E-state index contributed by atoms with van der Waals surface area (Å²) >= 11 is 1.72. The van der Waals surface area contributed by atoms with Gasteiger partial charge in [0.05, 0.1) is 11.7 Å². The van der Waals surface area contributed by atoms with E-state index in [2.05, 4.69) is 72.1 Å². The minimum Gasteiger partial charge on any atom is -0.478 e. The summed E-state index contributed by atoms with van der Waals surface area (Å²) in [5.41, 5.74) is 9.14. The maximum absolute atomic E-state index is 10.8. The quantitative estimate of drug-likeness (QED) is 0.338. The van der Waals surface area contributed by atoms with Gasteiger partial charge >= 0.3 is 5.97 Å². The zero-order valence-electron chi connectivity index (χ0n) is 17.7. The number of hydrogen-bond donors (Lipinski definition) is 2. The van der Waals surface area contributed by atoms with Gasteiger partial charge in [0.25, 0.3) is 0 Å². The summed E-state index contributed by atoms with van der Waals surface area (Å²) in [4.78, 5) is 10.8. The number of allylic oxidation sites excluding steroid dienone is 1. The topological polar surface area (TPSA) is 66.0 Å². The van der Waals surface area contributed by atoms with Crippen molar-refractivity contribution in [2.24, 2.45) is 5.92 Å². The molecule has 0 spiro atoms. The lowest BCUT2D eigenvalue weighted by Crippen LogP contribution is -2.01. The van der Waals surface area contributed by atoms with E-state index in [-0.39, 0.29) is 0 Å². The van der Waals surface area contributed by atoms with Crippen LogP contribution in [0.2, 0.25) is 0 Å². The number of carboxylic acids is 1. The van der Waals surface area contributed by atoms with Crippen LogP contribution in [0.4, 0.5) is 0 Å². The van der Waals surface area contributed by atoms with Crippen LogP contribution < -0.4 is 0 Å². The first-order valence-electron chi connectivity index (χ1n) is 10.2. The smallest absolute Gasteiger partial charge is 0.328 e. The molecular formula is C26H24N2O2S. The average molecular weight is 429 g/mol. The molecule has 4 rings (SSSR count). The molecule has 0 aliphatic rings. The highest BCUT2D eigenvalue weighted by atomic mass is 32.1. The zero-order valence-corrected chi connectivity index (χ0v) is 18.5. The maximum Gasteiger partial charge on any atom is 0.328 e. The van der Waals surface area contributed by atoms with E-state index in [0.29, 0.717) is 5.92 Å². The molecular weight excluding hydrogens is 404 g/mol. The lowest BCUT2D eigenvalue weighted by molar-refractivity contribution is -0.131. The van der Waals surface area contributed by atoms with Crippen molar-refractivity contribution in [2.45, 2.75) is 20.8 Å². The third-order valence-electron chi connectivity index (χ3n) is 5.34. The number of hydrogen-bond acceptors (Lipinski definition) is 3. The van der Waals surface area contributed by atoms with Gasteiger partial charge in [0.15, 0.2) is 0 Å². The normalized spacial score (nSPS) is 12.6. The van der Waals surface area contributed by atoms with Gasteiger partial charge in [-0.3, -0.25) is 5.10 Å². The largest absolute Gasteiger partial charge is 0.478 e. The van der Waals surface area contributed by atoms with Gasteiger partial charge in [-0.2, -0.15) is 16.4 Å². The van der Waals surface area contributed by atoms with Gasteiger partial charge in [0.1, 0.15) is 0 Å². The van der Waals surface area contributed by atoms with Crippen LogP contribution in [0, 0.1) is 12.8 Å². The molecule has 4 aromatic rings. The second-order valence-corrected chi connectivity index (χ2v) is 8.62. The standard InChI is InChI=1S/C26H24N2O2S/c1-16(2)25(22-15-31-14-17(22)3)26(20-9-10-23-21(12-20)13-27-28-23)19-7-4-18(5-8-19)6-11-24(29)30/h4-16H,1-3H3,(H,27,28)(H,29,30). The lowest BCUT2D eigenvalue weighted by Gasteiger charge is -2.20. The summed E-state index contributed by atoms with van der Waals surface area (Å²) in [6.07, 6.45) is 4.62. The van der Waals surface area contributed by atoms with Crippen LogP contribution in [0.3, 0.4) is 0 Å². The third kappa shape index (κ3) is 4.37. The van der Waals surface area contributed by atoms with Crippen molar-refractivity contribution in [3.05, 3.63) is 93.3 Å². The number of carbonyl (C=O) groups is 1. The van der Waals surface area contributed by atoms with Crippen LogP contribution in [0.25, 0.3) is 28.1 Å². The van der Waals surface area contributed by atoms with E-state index in [1.54, 1.807) is 17.4 Å². The first-order valence-corrected chi connectivity index (χ1v) is 11.1. The number of aliphatic carboxylic acids is 1. The molecule has 0 aliphatic carbocycles. The Kier molecular flexibility index (Phi) is 5.87. The Balaban J connectivity index is 1.94. The van der Waals surface area contributed by atoms with E-state index in [1.807, 2.05) is 18.3 Å². The summed E-state index contributed by atoms with van der Waals surface area (Å²) in [5.74, 6) is -0.636. The fraction of sp³-hybridized carbons (Fsp3) is 0.154. The number of carboxylic acid groups (broad SMARTS) is 1. The number of nitrogens with zero attached hydrogens (tertiary/aromatic N) is 1. The Bertz CT molecular complexity index is 1290. The molecule has 2 N–H and O–H groups in total. The van der Waals surface area contributed by atoms with Gasteiger partial charge < -0.3 is 5.11 Å². The Hall–Kier alpha value is -3.44. The Labute approximate surface area is 185 Å². The number of nitrogens with one attached hydrogen (secondary N) is 1. The molecule has 4 nitrogen and oxygen atoms in total. The van der Waals surface area contributed by atoms with E-state index in [1.165, 1.54) is 22.3 Å². The summed E-state index contributed by atoms with van der Waals surface area (Å²) < 4.78 is 0. The molecule has 5 heteroatoms. The first-order chi connectivity index (χ1) is 14.9. The van der Waals surface area contributed by atoms with Gasteiger partial charge in [0.2, 0.25) is 0 Å². The number of aromatic nitrogens is 2. The van der Waals surface area contributed by atoms with Gasteiger partial charge in [-0.25, -0.2) is 4.79 Å². The highest BCUT2D eigenvalue weighted by molar-refractivity contribution is 7.08. The fourth-order valence-corrected chi connectivity index (χ4v) is 4.72. The van der Waals surface area contributed by atoms with Crippen molar-refractivity contribution in [2.75, 3.05) is 0 Å². The van der Waals surface area contributed by atoms with Crippen molar-refractivity contribution >= 4 is 45.4 Å². The maximum atomic E-state index is 10.8. The molecule has 2 aromatic carbocycles. The zero-order chi connectivity index (χ0) is 22.0. The predicted octanol–water partition coefficient (Wildman–Crippen LogP) is 6.65. The van der Waals surface area contributed by atoms with Crippen LogP contribution in [0.5, 0.6) is 0 Å². The molecule has 0 atom stereocenters. The molecule has 31 heavy (non-hydrogen) atoms. The number of rotatable bonds is 6. The van der Waals surface area contributed by atoms with Gasteiger partial charge in [-0.1, -0.05) is 44.2 Å². The number of benzene rings is 2. The number of thiophene rings is 1. The monoisotopic (exact) mass is 428 g/mol. The Morgan fingerprint density at radius 3 is 2.48 bits per heavy atom. The highest BCUT2D eigenvalue weighted by Gasteiger charge is 2.19. The van der Waals surface area contributed by atoms with Crippen molar-refractivity contribution in [3.63, 3.8) is 0 Å². The Morgan fingerprint density at radius 2 is 1.84 bits per heavy atom. The van der Waals surface area contributed by atoms with E-state index in [9.17, 15) is 4.79 Å². The molecule has 2 aromatic heterocycles. The van der Waals surface area contributed by atoms with Gasteiger partial charge in [-0.05, 0) is 80.8 Å². The van der Waals surface area contributed by atoms with E-state index in [4.69, 9.17) is 5.11 Å². The van der Waals surface area contributed by atoms with Crippen molar-refractivity contribution in [3.8, 4) is 0 Å². The summed E-state index contributed by atoms with van der Waals surface area (Å²) in [7, 11) is 0. The van der Waals surface area contributed by atoms with Crippen LogP contribution in [0.1, 0.15) is 41.7 Å². The second kappa shape index (κ2) is 8.74. The molecule has 0 fully saturated rings. The lowest BCUT2D eigenvalue weighted by atomic mass is 9.83. The molecule has 0 radical (unpaired) electrons. The fourth-order valence-electron chi connectivity index (χ4n) is 3.88. The third-order valence-corrected chi connectivity index (χ3v) is 6.20. The van der Waals surface area contributed by atoms with E-state index < -0.39 is 5.97 Å². The molecule has 0 amide bonds. The Morgan fingerprint density at radius 1 is 1.10 bits per heavy atom. The molecule has 0 unspecified atom stereocenters. The van der Waals surface area contributed by atoms with E-state index >= 15 is 0 Å². The number of aromatic amines is 1. The molecule has 0 saturated carbocycles. The van der Waals surface area contributed by atoms with Crippen LogP contribution >= 0.6 is 11.3 Å². The minimum atomic E-state index is -0.951. The van der Waals surface area contributed by atoms with Crippen LogP contribution in [-0.2, 0) is 4.79 Å². The van der Waals surface area contributed by atoms with Crippen LogP contribution in [-0.4, -0.2) is 21.3 Å². The molecule has 0 bridgehead atoms. The predicted molar refractivity (Wildman–Crippen MR) is 129 cm³/mol. The van der Waals surface area contributed by atoms with Crippen molar-refractivity contribution in [1.82, 2.24) is 10.2 Å². The first kappa shape index (κ1) is 20.8. The summed E-state index contributed by atoms with van der Waals surface area (Å²) in [6, 6.07) is 14.4. The molecule has 2 heterocycles. The van der Waals surface area contributed by atoms with Crippen molar-refractivity contribution < 1.29 is 9.90 Å². The second-order valence-electron chi connectivity index (χ2n) is 7.88. The van der Waals surface area contributed by atoms with Gasteiger partial charge in [-0.15, -0.1) is 0 Å². The summed E-state index contributed by atoms with van der Waals surface area (Å²) in [6.45, 7) is 6.62. The average Bonchev–Trinajstić information content (AvgIpc) is 3.38. The minimum absolute atomic E-state index is 0.315. The highest BCUT2D eigenvalue weighted by Crippen LogP contribution is 2.39. The number of aryl methyl sites for hydroxylation is 1. The van der Waals surface area contributed by atoms with Crippen molar-refractivity contribution in [1.29, 1.82) is 0 Å². The summed E-state index contributed by atoms with van der Waals surface area (Å²) in [5, 5.41) is 21.6.